The second-order valence-electron chi connectivity index (χ2n) is 5.21. The van der Waals surface area contributed by atoms with Gasteiger partial charge in [-0.05, 0) is 24.6 Å². The highest BCUT2D eigenvalue weighted by Crippen LogP contribution is 2.18. The number of ether oxygens (including phenoxy) is 2. The lowest BCUT2D eigenvalue weighted by Crippen LogP contribution is -2.14. The van der Waals surface area contributed by atoms with E-state index in [-0.39, 0.29) is 24.6 Å². The van der Waals surface area contributed by atoms with Gasteiger partial charge in [0.2, 0.25) is 0 Å². The maximum Gasteiger partial charge on any atom is 0.306 e. The number of carbonyl (C=O) groups is 1. The minimum atomic E-state index is -0.342. The fourth-order valence-electron chi connectivity index (χ4n) is 2.15. The average Bonchev–Trinajstić information content (AvgIpc) is 3.06. The van der Waals surface area contributed by atoms with Gasteiger partial charge in [0.15, 0.2) is 4.96 Å². The van der Waals surface area contributed by atoms with Crippen molar-refractivity contribution in [2.75, 3.05) is 6.61 Å². The van der Waals surface area contributed by atoms with E-state index in [4.69, 9.17) is 9.47 Å². The molecule has 2 heterocycles. The number of hydrogen-bond acceptors (Lipinski definition) is 6. The minimum Gasteiger partial charge on any atom is -0.494 e. The van der Waals surface area contributed by atoms with E-state index in [1.54, 1.807) is 11.6 Å². The lowest BCUT2D eigenvalue weighted by atomic mass is 10.3. The minimum absolute atomic E-state index is 0.00500. The summed E-state index contributed by atoms with van der Waals surface area (Å²) >= 11 is 4.73. The summed E-state index contributed by atoms with van der Waals surface area (Å²) < 4.78 is 13.1. The van der Waals surface area contributed by atoms with Crippen LogP contribution >= 0.6 is 27.3 Å². The van der Waals surface area contributed by atoms with Crippen LogP contribution in [0.4, 0.5) is 0 Å². The van der Waals surface area contributed by atoms with Crippen molar-refractivity contribution < 1.29 is 14.3 Å². The highest BCUT2D eigenvalue weighted by molar-refractivity contribution is 9.10. The number of halogens is 1. The number of aromatic nitrogens is 2. The van der Waals surface area contributed by atoms with Crippen LogP contribution in [0.1, 0.15) is 18.5 Å². The summed E-state index contributed by atoms with van der Waals surface area (Å²) in [6, 6.07) is 8.89. The third kappa shape index (κ3) is 4.90. The van der Waals surface area contributed by atoms with Crippen molar-refractivity contribution in [1.29, 1.82) is 0 Å². The first kappa shape index (κ1) is 17.6. The Bertz CT molecular complexity index is 938. The van der Waals surface area contributed by atoms with Gasteiger partial charge in [0, 0.05) is 28.5 Å². The summed E-state index contributed by atoms with van der Waals surface area (Å²) in [5.41, 5.74) is 0.269. The molecule has 0 radical (unpaired) electrons. The Balaban J connectivity index is 1.42. The van der Waals surface area contributed by atoms with Gasteiger partial charge in [-0.1, -0.05) is 22.0 Å². The Labute approximate surface area is 156 Å². The lowest BCUT2D eigenvalue weighted by molar-refractivity contribution is -0.145. The summed E-state index contributed by atoms with van der Waals surface area (Å²) in [5.74, 6) is 0.405. The molecule has 0 spiro atoms. The summed E-state index contributed by atoms with van der Waals surface area (Å²) in [5, 5.41) is 1.78. The van der Waals surface area contributed by atoms with Crippen LogP contribution in [0.25, 0.3) is 4.96 Å². The third-order valence-corrected chi connectivity index (χ3v) is 4.58. The number of thiazole rings is 1. The van der Waals surface area contributed by atoms with Crippen LogP contribution in [0.2, 0.25) is 0 Å². The zero-order chi connectivity index (χ0) is 17.6. The van der Waals surface area contributed by atoms with E-state index in [1.165, 1.54) is 21.8 Å². The largest absolute Gasteiger partial charge is 0.494 e. The first-order valence-corrected chi connectivity index (χ1v) is 9.29. The average molecular weight is 423 g/mol. The number of fused-ring (bicyclic) bond motifs is 1. The standard InChI is InChI=1S/C17H15BrN2O4S/c18-12-3-1-4-14(9-12)23-7-2-5-16(22)24-11-13-10-15(21)20-6-8-25-17(20)19-13/h1,3-4,6,8-10H,2,5,7,11H2. The fraction of sp³-hybridized carbons (Fsp3) is 0.235. The van der Waals surface area contributed by atoms with Gasteiger partial charge in [-0.2, -0.15) is 0 Å². The molecule has 8 heteroatoms. The second kappa shape index (κ2) is 8.26. The molecule has 25 heavy (non-hydrogen) atoms. The quantitative estimate of drug-likeness (QED) is 0.430. The van der Waals surface area contributed by atoms with Gasteiger partial charge in [0.1, 0.15) is 12.4 Å². The van der Waals surface area contributed by atoms with E-state index in [0.717, 1.165) is 10.2 Å². The Morgan fingerprint density at radius 1 is 1.32 bits per heavy atom. The highest BCUT2D eigenvalue weighted by atomic mass is 79.9. The van der Waals surface area contributed by atoms with Gasteiger partial charge < -0.3 is 9.47 Å². The van der Waals surface area contributed by atoms with E-state index < -0.39 is 0 Å². The van der Waals surface area contributed by atoms with Crippen molar-refractivity contribution in [3.8, 4) is 5.75 Å². The molecule has 0 N–H and O–H groups in total. The van der Waals surface area contributed by atoms with Crippen molar-refractivity contribution in [3.05, 3.63) is 62.4 Å². The fourth-order valence-corrected chi connectivity index (χ4v) is 3.27. The van der Waals surface area contributed by atoms with Gasteiger partial charge >= 0.3 is 5.97 Å². The monoisotopic (exact) mass is 422 g/mol. The molecule has 0 saturated heterocycles. The van der Waals surface area contributed by atoms with E-state index in [0.29, 0.717) is 23.7 Å². The lowest BCUT2D eigenvalue weighted by Gasteiger charge is -2.07. The number of hydrogen-bond donors (Lipinski definition) is 0. The Kier molecular flexibility index (Phi) is 5.83. The smallest absolute Gasteiger partial charge is 0.306 e. The van der Waals surface area contributed by atoms with E-state index in [9.17, 15) is 9.59 Å². The number of benzene rings is 1. The summed E-state index contributed by atoms with van der Waals surface area (Å²) in [4.78, 5) is 28.5. The Morgan fingerprint density at radius 3 is 3.04 bits per heavy atom. The number of rotatable bonds is 7. The number of nitrogens with zero attached hydrogens (tertiary/aromatic N) is 2. The van der Waals surface area contributed by atoms with Crippen molar-refractivity contribution >= 4 is 38.2 Å². The predicted molar refractivity (Wildman–Crippen MR) is 98.0 cm³/mol. The number of esters is 1. The molecule has 2 aromatic heterocycles. The summed E-state index contributed by atoms with van der Waals surface area (Å²) in [6.07, 6.45) is 2.45. The van der Waals surface area contributed by atoms with Crippen molar-refractivity contribution in [2.24, 2.45) is 0 Å². The van der Waals surface area contributed by atoms with Crippen LogP contribution in [-0.4, -0.2) is 22.0 Å². The topological polar surface area (TPSA) is 69.9 Å². The molecule has 0 aliphatic heterocycles. The molecule has 0 saturated carbocycles. The van der Waals surface area contributed by atoms with Crippen molar-refractivity contribution in [1.82, 2.24) is 9.38 Å². The highest BCUT2D eigenvalue weighted by Gasteiger charge is 2.07. The second-order valence-corrected chi connectivity index (χ2v) is 7.00. The summed E-state index contributed by atoms with van der Waals surface area (Å²) in [7, 11) is 0. The molecule has 0 atom stereocenters. The maximum atomic E-state index is 11.8. The Hall–Kier alpha value is -2.19. The number of carbonyl (C=O) groups excluding carboxylic acids is 1. The van der Waals surface area contributed by atoms with E-state index in [2.05, 4.69) is 20.9 Å². The molecule has 0 aliphatic rings. The molecule has 3 rings (SSSR count). The van der Waals surface area contributed by atoms with Gasteiger partial charge in [0.05, 0.1) is 12.3 Å². The van der Waals surface area contributed by atoms with Crippen LogP contribution in [0.15, 0.2) is 51.2 Å². The normalized spacial score (nSPS) is 10.8. The molecular weight excluding hydrogens is 408 g/mol. The molecular formula is C17H15BrN2O4S. The predicted octanol–water partition coefficient (Wildman–Crippen LogP) is 3.42. The molecule has 130 valence electrons. The zero-order valence-corrected chi connectivity index (χ0v) is 15.6. The van der Waals surface area contributed by atoms with E-state index in [1.807, 2.05) is 24.3 Å². The molecule has 1 aromatic carbocycles. The van der Waals surface area contributed by atoms with Gasteiger partial charge in [-0.25, -0.2) is 4.98 Å². The molecule has 0 amide bonds. The molecule has 0 unspecified atom stereocenters. The van der Waals surface area contributed by atoms with E-state index >= 15 is 0 Å². The van der Waals surface area contributed by atoms with Crippen LogP contribution in [0, 0.1) is 0 Å². The van der Waals surface area contributed by atoms with Crippen LogP contribution in [0.5, 0.6) is 5.75 Å². The molecule has 0 bridgehead atoms. The maximum absolute atomic E-state index is 11.8. The third-order valence-electron chi connectivity index (χ3n) is 3.33. The molecule has 0 aliphatic carbocycles. The molecule has 6 nitrogen and oxygen atoms in total. The molecule has 0 fully saturated rings. The van der Waals surface area contributed by atoms with Crippen LogP contribution < -0.4 is 10.3 Å². The van der Waals surface area contributed by atoms with Crippen molar-refractivity contribution in [3.63, 3.8) is 0 Å². The van der Waals surface area contributed by atoms with Crippen molar-refractivity contribution in [2.45, 2.75) is 19.4 Å². The van der Waals surface area contributed by atoms with Crippen LogP contribution in [-0.2, 0) is 16.1 Å². The SMILES string of the molecule is O=C(CCCOc1cccc(Br)c1)OCc1cc(=O)n2ccsc2n1. The first-order valence-electron chi connectivity index (χ1n) is 7.61. The van der Waals surface area contributed by atoms with Crippen LogP contribution in [0.3, 0.4) is 0 Å². The zero-order valence-electron chi connectivity index (χ0n) is 13.2. The summed E-state index contributed by atoms with van der Waals surface area (Å²) in [6.45, 7) is 0.418. The molecule has 3 aromatic rings. The van der Waals surface area contributed by atoms with Gasteiger partial charge in [-0.15, -0.1) is 11.3 Å². The van der Waals surface area contributed by atoms with Gasteiger partial charge in [0.25, 0.3) is 5.56 Å². The Morgan fingerprint density at radius 2 is 2.20 bits per heavy atom. The first-order chi connectivity index (χ1) is 12.1. The van der Waals surface area contributed by atoms with Gasteiger partial charge in [-0.3, -0.25) is 14.0 Å².